The molecule has 0 saturated heterocycles. The van der Waals surface area contributed by atoms with Crippen LogP contribution in [-0.4, -0.2) is 56.6 Å². The number of aromatic nitrogens is 2. The number of anilines is 1. The van der Waals surface area contributed by atoms with Crippen LogP contribution < -0.4 is 15.5 Å². The molecular formula is C13H25N5O2. The third kappa shape index (κ3) is 4.21. The molecule has 1 aromatic rings. The number of carbonyl (C=O) groups is 1. The Morgan fingerprint density at radius 3 is 2.80 bits per heavy atom. The number of hydrogen-bond donors (Lipinski definition) is 2. The lowest BCUT2D eigenvalue weighted by Crippen LogP contribution is -2.37. The summed E-state index contributed by atoms with van der Waals surface area (Å²) in [6, 6.07) is 0. The van der Waals surface area contributed by atoms with E-state index in [0.29, 0.717) is 19.7 Å². The second-order valence-corrected chi connectivity index (χ2v) is 4.74. The van der Waals surface area contributed by atoms with E-state index in [-0.39, 0.29) is 5.91 Å². The van der Waals surface area contributed by atoms with Crippen LogP contribution >= 0.6 is 0 Å². The summed E-state index contributed by atoms with van der Waals surface area (Å²) in [6.07, 6.45) is 0. The molecule has 0 saturated carbocycles. The monoisotopic (exact) mass is 283 g/mol. The number of aryl methyl sites for hydroxylation is 2. The van der Waals surface area contributed by atoms with E-state index in [1.807, 2.05) is 37.6 Å². The predicted molar refractivity (Wildman–Crippen MR) is 78.9 cm³/mol. The van der Waals surface area contributed by atoms with Gasteiger partial charge in [-0.15, -0.1) is 0 Å². The highest BCUT2D eigenvalue weighted by Gasteiger charge is 2.18. The van der Waals surface area contributed by atoms with Crippen molar-refractivity contribution in [1.29, 1.82) is 0 Å². The van der Waals surface area contributed by atoms with Crippen molar-refractivity contribution < 1.29 is 9.53 Å². The highest BCUT2D eigenvalue weighted by atomic mass is 16.5. The summed E-state index contributed by atoms with van der Waals surface area (Å²) in [6.45, 7) is 4.04. The Morgan fingerprint density at radius 1 is 1.50 bits per heavy atom. The molecule has 0 unspecified atom stereocenters. The third-order valence-corrected chi connectivity index (χ3v) is 3.04. The number of rotatable bonds is 8. The molecule has 1 heterocycles. The Labute approximate surface area is 120 Å². The van der Waals surface area contributed by atoms with Gasteiger partial charge in [-0.05, 0) is 14.0 Å². The lowest BCUT2D eigenvalue weighted by molar-refractivity contribution is -0.119. The third-order valence-electron chi connectivity index (χ3n) is 3.04. The summed E-state index contributed by atoms with van der Waals surface area (Å²) in [5.41, 5.74) is 2.09. The Kier molecular flexibility index (Phi) is 6.47. The largest absolute Gasteiger partial charge is 0.383 e. The SMILES string of the molecule is CNCc1c(C)nn(C)c1N(C)CC(=O)NCCOC. The Balaban J connectivity index is 2.71. The topological polar surface area (TPSA) is 71.4 Å². The van der Waals surface area contributed by atoms with Crippen molar-refractivity contribution in [2.24, 2.45) is 7.05 Å². The normalized spacial score (nSPS) is 10.7. The highest BCUT2D eigenvalue weighted by molar-refractivity contribution is 5.81. The van der Waals surface area contributed by atoms with Crippen LogP contribution in [0.25, 0.3) is 0 Å². The fraction of sp³-hybridized carbons (Fsp3) is 0.692. The van der Waals surface area contributed by atoms with Crippen LogP contribution in [0.3, 0.4) is 0 Å². The van der Waals surface area contributed by atoms with Gasteiger partial charge in [0.05, 0.1) is 18.8 Å². The van der Waals surface area contributed by atoms with Crippen molar-refractivity contribution >= 4 is 11.7 Å². The van der Waals surface area contributed by atoms with Crippen LogP contribution in [0.4, 0.5) is 5.82 Å². The summed E-state index contributed by atoms with van der Waals surface area (Å²) in [7, 11) is 7.29. The van der Waals surface area contributed by atoms with Gasteiger partial charge < -0.3 is 20.3 Å². The first-order valence-electron chi connectivity index (χ1n) is 6.65. The van der Waals surface area contributed by atoms with Crippen LogP contribution in [0, 0.1) is 6.92 Å². The quantitative estimate of drug-likeness (QED) is 0.638. The molecule has 1 aromatic heterocycles. The molecular weight excluding hydrogens is 258 g/mol. The van der Waals surface area contributed by atoms with Crippen molar-refractivity contribution in [2.45, 2.75) is 13.5 Å². The van der Waals surface area contributed by atoms with Crippen molar-refractivity contribution in [1.82, 2.24) is 20.4 Å². The molecule has 1 amide bonds. The number of nitrogens with zero attached hydrogens (tertiary/aromatic N) is 3. The molecule has 0 bridgehead atoms. The summed E-state index contributed by atoms with van der Waals surface area (Å²) in [4.78, 5) is 13.7. The maximum Gasteiger partial charge on any atom is 0.239 e. The van der Waals surface area contributed by atoms with Gasteiger partial charge in [-0.25, -0.2) is 0 Å². The zero-order valence-electron chi connectivity index (χ0n) is 13.0. The van der Waals surface area contributed by atoms with Crippen molar-refractivity contribution in [3.05, 3.63) is 11.3 Å². The van der Waals surface area contributed by atoms with E-state index in [1.54, 1.807) is 7.11 Å². The number of amides is 1. The first-order chi connectivity index (χ1) is 9.51. The fourth-order valence-electron chi connectivity index (χ4n) is 2.19. The number of likely N-dealkylation sites (N-methyl/N-ethyl adjacent to an activating group) is 1. The average molecular weight is 283 g/mol. The van der Waals surface area contributed by atoms with Gasteiger partial charge in [0.25, 0.3) is 0 Å². The lowest BCUT2D eigenvalue weighted by Gasteiger charge is -2.20. The second kappa shape index (κ2) is 7.86. The van der Waals surface area contributed by atoms with Gasteiger partial charge in [-0.3, -0.25) is 9.48 Å². The molecule has 0 aliphatic carbocycles. The van der Waals surface area contributed by atoms with Crippen LogP contribution in [0.15, 0.2) is 0 Å². The maximum absolute atomic E-state index is 11.8. The molecule has 0 fully saturated rings. The molecule has 0 aliphatic rings. The lowest BCUT2D eigenvalue weighted by atomic mass is 10.2. The smallest absolute Gasteiger partial charge is 0.239 e. The molecule has 20 heavy (non-hydrogen) atoms. The molecule has 0 radical (unpaired) electrons. The van der Waals surface area contributed by atoms with Crippen molar-refractivity contribution in [3.8, 4) is 0 Å². The van der Waals surface area contributed by atoms with Gasteiger partial charge in [0.1, 0.15) is 5.82 Å². The van der Waals surface area contributed by atoms with Gasteiger partial charge in [-0.2, -0.15) is 5.10 Å². The first-order valence-corrected chi connectivity index (χ1v) is 6.65. The van der Waals surface area contributed by atoms with E-state index in [4.69, 9.17) is 4.74 Å². The van der Waals surface area contributed by atoms with Crippen LogP contribution in [0.1, 0.15) is 11.3 Å². The van der Waals surface area contributed by atoms with Gasteiger partial charge in [0.2, 0.25) is 5.91 Å². The van der Waals surface area contributed by atoms with Crippen LogP contribution in [0.2, 0.25) is 0 Å². The van der Waals surface area contributed by atoms with Gasteiger partial charge >= 0.3 is 0 Å². The van der Waals surface area contributed by atoms with Crippen LogP contribution in [0.5, 0.6) is 0 Å². The summed E-state index contributed by atoms with van der Waals surface area (Å²) < 4.78 is 6.71. The summed E-state index contributed by atoms with van der Waals surface area (Å²) in [5.74, 6) is 0.928. The molecule has 0 aromatic carbocycles. The Bertz CT molecular complexity index is 444. The standard InChI is InChI=1S/C13H25N5O2/c1-10-11(8-14-2)13(18(4)16-10)17(3)9-12(19)15-6-7-20-5/h14H,6-9H2,1-5H3,(H,15,19). The molecule has 0 aliphatic heterocycles. The number of ether oxygens (including phenoxy) is 1. The van der Waals surface area contributed by atoms with E-state index >= 15 is 0 Å². The molecule has 0 atom stereocenters. The fourth-order valence-corrected chi connectivity index (χ4v) is 2.19. The number of hydrogen-bond acceptors (Lipinski definition) is 5. The summed E-state index contributed by atoms with van der Waals surface area (Å²) >= 11 is 0. The van der Waals surface area contributed by atoms with Gasteiger partial charge in [-0.1, -0.05) is 0 Å². The number of carbonyl (C=O) groups excluding carboxylic acids is 1. The van der Waals surface area contributed by atoms with Gasteiger partial charge in [0, 0.05) is 39.9 Å². The second-order valence-electron chi connectivity index (χ2n) is 4.74. The minimum Gasteiger partial charge on any atom is -0.383 e. The summed E-state index contributed by atoms with van der Waals surface area (Å²) in [5, 5.41) is 10.4. The van der Waals surface area contributed by atoms with E-state index in [2.05, 4.69) is 15.7 Å². The Hall–Kier alpha value is -1.60. The van der Waals surface area contributed by atoms with Crippen molar-refractivity contribution in [3.63, 3.8) is 0 Å². The van der Waals surface area contributed by atoms with E-state index in [0.717, 1.165) is 23.6 Å². The van der Waals surface area contributed by atoms with Gasteiger partial charge in [0.15, 0.2) is 0 Å². The van der Waals surface area contributed by atoms with E-state index < -0.39 is 0 Å². The molecule has 0 spiro atoms. The number of methoxy groups -OCH3 is 1. The van der Waals surface area contributed by atoms with Crippen molar-refractivity contribution in [2.75, 3.05) is 45.8 Å². The molecule has 7 heteroatoms. The molecule has 2 N–H and O–H groups in total. The van der Waals surface area contributed by atoms with E-state index in [1.165, 1.54) is 0 Å². The maximum atomic E-state index is 11.8. The molecule has 7 nitrogen and oxygen atoms in total. The Morgan fingerprint density at radius 2 is 2.20 bits per heavy atom. The van der Waals surface area contributed by atoms with Crippen LogP contribution in [-0.2, 0) is 23.1 Å². The minimum atomic E-state index is -0.0289. The molecule has 114 valence electrons. The average Bonchev–Trinajstić information content (AvgIpc) is 2.65. The zero-order valence-corrected chi connectivity index (χ0v) is 13.0. The highest BCUT2D eigenvalue weighted by Crippen LogP contribution is 2.21. The first kappa shape index (κ1) is 16.5. The van der Waals surface area contributed by atoms with E-state index in [9.17, 15) is 4.79 Å². The predicted octanol–water partition coefficient (Wildman–Crippen LogP) is -0.353. The minimum absolute atomic E-state index is 0.0289. The molecule has 1 rings (SSSR count). The zero-order chi connectivity index (χ0) is 15.1. The number of nitrogens with one attached hydrogen (secondary N) is 2.